The van der Waals surface area contributed by atoms with E-state index in [0.29, 0.717) is 12.5 Å². The number of likely N-dealkylation sites (N-methyl/N-ethyl adjacent to an activating group) is 1. The number of aliphatic hydroxyl groups is 1. The van der Waals surface area contributed by atoms with Gasteiger partial charge in [0.1, 0.15) is 5.75 Å². The number of nitrogens with zero attached hydrogens (tertiary/aromatic N) is 1. The van der Waals surface area contributed by atoms with Crippen LogP contribution in [0.5, 0.6) is 5.75 Å². The fourth-order valence-electron chi connectivity index (χ4n) is 2.77. The van der Waals surface area contributed by atoms with Crippen LogP contribution in [0.15, 0.2) is 24.3 Å². The van der Waals surface area contributed by atoms with E-state index in [1.807, 2.05) is 26.0 Å². The van der Waals surface area contributed by atoms with Crippen molar-refractivity contribution in [2.45, 2.75) is 38.7 Å². The number of fused-ring (bicyclic) bond motifs is 1. The highest BCUT2D eigenvalue weighted by molar-refractivity contribution is 5.37. The van der Waals surface area contributed by atoms with E-state index in [2.05, 4.69) is 24.0 Å². The molecule has 0 saturated carbocycles. The lowest BCUT2D eigenvalue weighted by Crippen LogP contribution is -2.41. The molecule has 1 aromatic rings. The minimum Gasteiger partial charge on any atom is -0.493 e. The van der Waals surface area contributed by atoms with Crippen LogP contribution in [0.2, 0.25) is 0 Å². The van der Waals surface area contributed by atoms with Gasteiger partial charge < -0.3 is 14.7 Å². The Morgan fingerprint density at radius 2 is 2.11 bits per heavy atom. The van der Waals surface area contributed by atoms with Gasteiger partial charge in [0.25, 0.3) is 0 Å². The molecule has 0 spiro atoms. The largest absolute Gasteiger partial charge is 0.493 e. The second-order valence-electron chi connectivity index (χ2n) is 6.01. The number of ether oxygens (including phenoxy) is 1. The van der Waals surface area contributed by atoms with E-state index in [0.717, 1.165) is 31.9 Å². The van der Waals surface area contributed by atoms with Gasteiger partial charge in [0.05, 0.1) is 12.2 Å². The van der Waals surface area contributed by atoms with Crippen molar-refractivity contribution in [1.29, 1.82) is 0 Å². The number of para-hydroxylation sites is 1. The molecule has 1 aromatic carbocycles. The molecule has 2 rings (SSSR count). The lowest BCUT2D eigenvalue weighted by atomic mass is 9.92. The molecule has 1 unspecified atom stereocenters. The molecule has 0 bridgehead atoms. The molecule has 0 aromatic heterocycles. The van der Waals surface area contributed by atoms with Crippen molar-refractivity contribution in [1.82, 2.24) is 4.90 Å². The van der Waals surface area contributed by atoms with Crippen LogP contribution in [-0.2, 0) is 0 Å². The average Bonchev–Trinajstić information content (AvgIpc) is 2.37. The molecule has 1 aliphatic rings. The van der Waals surface area contributed by atoms with E-state index in [4.69, 9.17) is 4.74 Å². The topological polar surface area (TPSA) is 32.7 Å². The monoisotopic (exact) mass is 263 g/mol. The minimum absolute atomic E-state index is 0.507. The summed E-state index contributed by atoms with van der Waals surface area (Å²) in [6.45, 7) is 9.34. The van der Waals surface area contributed by atoms with Crippen molar-refractivity contribution in [2.24, 2.45) is 0 Å². The van der Waals surface area contributed by atoms with Crippen LogP contribution in [0, 0.1) is 0 Å². The molecule has 0 radical (unpaired) electrons. The highest BCUT2D eigenvalue weighted by Crippen LogP contribution is 2.33. The van der Waals surface area contributed by atoms with Crippen molar-refractivity contribution in [3.05, 3.63) is 29.8 Å². The van der Waals surface area contributed by atoms with Crippen molar-refractivity contribution in [3.8, 4) is 5.75 Å². The third kappa shape index (κ3) is 3.95. The summed E-state index contributed by atoms with van der Waals surface area (Å²) in [5.41, 5.74) is 0.670. The van der Waals surface area contributed by atoms with E-state index >= 15 is 0 Å². The summed E-state index contributed by atoms with van der Waals surface area (Å²) in [6, 6.07) is 8.31. The highest BCUT2D eigenvalue weighted by Gasteiger charge is 2.25. The molecule has 1 N–H and O–H groups in total. The van der Waals surface area contributed by atoms with E-state index < -0.39 is 5.60 Å². The zero-order valence-corrected chi connectivity index (χ0v) is 12.2. The molecule has 0 aliphatic carbocycles. The predicted octanol–water partition coefficient (Wildman–Crippen LogP) is 2.65. The number of rotatable bonds is 5. The van der Waals surface area contributed by atoms with Crippen molar-refractivity contribution >= 4 is 0 Å². The van der Waals surface area contributed by atoms with Gasteiger partial charge in [0.2, 0.25) is 0 Å². The van der Waals surface area contributed by atoms with Gasteiger partial charge in [0.15, 0.2) is 0 Å². The van der Waals surface area contributed by atoms with E-state index in [9.17, 15) is 5.11 Å². The second-order valence-corrected chi connectivity index (χ2v) is 6.01. The van der Waals surface area contributed by atoms with E-state index in [-0.39, 0.29) is 0 Å². The van der Waals surface area contributed by atoms with Crippen molar-refractivity contribution in [2.75, 3.05) is 26.2 Å². The van der Waals surface area contributed by atoms with Gasteiger partial charge in [0, 0.05) is 19.0 Å². The zero-order chi connectivity index (χ0) is 13.9. The van der Waals surface area contributed by atoms with Gasteiger partial charge in [-0.15, -0.1) is 0 Å². The van der Waals surface area contributed by atoms with Crippen LogP contribution < -0.4 is 4.74 Å². The molecule has 0 fully saturated rings. The van der Waals surface area contributed by atoms with E-state index in [1.165, 1.54) is 5.56 Å². The molecule has 0 amide bonds. The van der Waals surface area contributed by atoms with Gasteiger partial charge >= 0.3 is 0 Å². The Morgan fingerprint density at radius 1 is 1.37 bits per heavy atom. The standard InChI is InChI=1S/C16H25NO2/c1-4-17(12-16(2,3)18)11-13-9-10-19-15-8-6-5-7-14(13)15/h5-8,13,18H,4,9-12H2,1-3H3. The Bertz CT molecular complexity index is 411. The summed E-state index contributed by atoms with van der Waals surface area (Å²) in [4.78, 5) is 2.33. The van der Waals surface area contributed by atoms with Crippen LogP contribution in [-0.4, -0.2) is 41.8 Å². The van der Waals surface area contributed by atoms with Gasteiger partial charge in [-0.05, 0) is 38.4 Å². The first-order chi connectivity index (χ1) is 8.99. The van der Waals surface area contributed by atoms with Crippen molar-refractivity contribution in [3.63, 3.8) is 0 Å². The maximum atomic E-state index is 9.98. The molecule has 106 valence electrons. The summed E-state index contributed by atoms with van der Waals surface area (Å²) in [5.74, 6) is 1.53. The normalized spacial score (nSPS) is 19.1. The fraction of sp³-hybridized carbons (Fsp3) is 0.625. The first kappa shape index (κ1) is 14.4. The molecule has 1 aliphatic heterocycles. The average molecular weight is 263 g/mol. The summed E-state index contributed by atoms with van der Waals surface area (Å²) in [7, 11) is 0. The molecular weight excluding hydrogens is 238 g/mol. The third-order valence-corrected chi connectivity index (χ3v) is 3.62. The third-order valence-electron chi connectivity index (χ3n) is 3.62. The highest BCUT2D eigenvalue weighted by atomic mass is 16.5. The molecular formula is C16H25NO2. The van der Waals surface area contributed by atoms with Gasteiger partial charge in [-0.3, -0.25) is 0 Å². The molecule has 1 heterocycles. The maximum Gasteiger partial charge on any atom is 0.122 e. The maximum absolute atomic E-state index is 9.98. The Labute approximate surface area is 116 Å². The molecule has 19 heavy (non-hydrogen) atoms. The van der Waals surface area contributed by atoms with Crippen LogP contribution in [0.4, 0.5) is 0 Å². The minimum atomic E-state index is -0.638. The number of hydrogen-bond donors (Lipinski definition) is 1. The van der Waals surface area contributed by atoms with Gasteiger partial charge in [-0.1, -0.05) is 25.1 Å². The lowest BCUT2D eigenvalue weighted by Gasteiger charge is -2.33. The lowest BCUT2D eigenvalue weighted by molar-refractivity contribution is 0.0345. The molecule has 0 saturated heterocycles. The smallest absolute Gasteiger partial charge is 0.122 e. The second kappa shape index (κ2) is 5.93. The first-order valence-corrected chi connectivity index (χ1v) is 7.16. The predicted molar refractivity (Wildman–Crippen MR) is 77.7 cm³/mol. The van der Waals surface area contributed by atoms with Crippen LogP contribution in [0.25, 0.3) is 0 Å². The SMILES string of the molecule is CCN(CC1CCOc2ccccc21)CC(C)(C)O. The summed E-state index contributed by atoms with van der Waals surface area (Å²) in [5, 5.41) is 9.98. The first-order valence-electron chi connectivity index (χ1n) is 7.16. The Balaban J connectivity index is 2.07. The molecule has 1 atom stereocenters. The summed E-state index contributed by atoms with van der Waals surface area (Å²) < 4.78 is 5.70. The summed E-state index contributed by atoms with van der Waals surface area (Å²) in [6.07, 6.45) is 1.05. The quantitative estimate of drug-likeness (QED) is 0.886. The van der Waals surface area contributed by atoms with Crippen molar-refractivity contribution < 1.29 is 9.84 Å². The van der Waals surface area contributed by atoms with E-state index in [1.54, 1.807) is 0 Å². The molecule has 3 heteroatoms. The fourth-order valence-corrected chi connectivity index (χ4v) is 2.77. The van der Waals surface area contributed by atoms with Gasteiger partial charge in [-0.2, -0.15) is 0 Å². The Hall–Kier alpha value is -1.06. The number of hydrogen-bond acceptors (Lipinski definition) is 3. The van der Waals surface area contributed by atoms with Crippen LogP contribution in [0.3, 0.4) is 0 Å². The van der Waals surface area contributed by atoms with Crippen LogP contribution >= 0.6 is 0 Å². The number of benzene rings is 1. The van der Waals surface area contributed by atoms with Crippen LogP contribution in [0.1, 0.15) is 38.7 Å². The Morgan fingerprint density at radius 3 is 2.79 bits per heavy atom. The van der Waals surface area contributed by atoms with Gasteiger partial charge in [-0.25, -0.2) is 0 Å². The summed E-state index contributed by atoms with van der Waals surface area (Å²) >= 11 is 0. The Kier molecular flexibility index (Phi) is 4.48. The zero-order valence-electron chi connectivity index (χ0n) is 12.2. The molecule has 3 nitrogen and oxygen atoms in total.